The van der Waals surface area contributed by atoms with Gasteiger partial charge in [0, 0.05) is 19.1 Å². The summed E-state index contributed by atoms with van der Waals surface area (Å²) in [5.74, 6) is 0. The van der Waals surface area contributed by atoms with Crippen molar-refractivity contribution in [1.29, 1.82) is 0 Å². The van der Waals surface area contributed by atoms with E-state index in [0.29, 0.717) is 13.2 Å². The van der Waals surface area contributed by atoms with Gasteiger partial charge in [0.15, 0.2) is 0 Å². The number of piperidine rings is 1. The van der Waals surface area contributed by atoms with Crippen molar-refractivity contribution in [3.05, 3.63) is 35.9 Å². The summed E-state index contributed by atoms with van der Waals surface area (Å²) in [5.41, 5.74) is 0.980. The number of β-amino-alcohol motifs (C(OH)–C–C–N with tert-alkyl or cyclic N) is 1. The van der Waals surface area contributed by atoms with Crippen LogP contribution in [0.3, 0.4) is 0 Å². The molecule has 5 nitrogen and oxygen atoms in total. The van der Waals surface area contributed by atoms with Gasteiger partial charge in [0.1, 0.15) is 6.61 Å². The molecule has 0 spiro atoms. The number of ether oxygens (including phenoxy) is 1. The molecule has 1 unspecified atom stereocenters. The van der Waals surface area contributed by atoms with Crippen LogP contribution < -0.4 is 5.32 Å². The van der Waals surface area contributed by atoms with Gasteiger partial charge in [-0.05, 0) is 24.9 Å². The smallest absolute Gasteiger partial charge is 0.407 e. The van der Waals surface area contributed by atoms with Crippen molar-refractivity contribution in [3.8, 4) is 0 Å². The lowest BCUT2D eigenvalue weighted by Gasteiger charge is -2.32. The molecule has 0 aromatic heterocycles. The van der Waals surface area contributed by atoms with Crippen molar-refractivity contribution >= 4 is 6.09 Å². The number of aliphatic hydroxyl groups excluding tert-OH is 1. The van der Waals surface area contributed by atoms with Crippen molar-refractivity contribution in [1.82, 2.24) is 10.2 Å². The molecule has 1 amide bonds. The summed E-state index contributed by atoms with van der Waals surface area (Å²) in [6.45, 7) is 2.88. The van der Waals surface area contributed by atoms with Gasteiger partial charge in [-0.15, -0.1) is 0 Å². The van der Waals surface area contributed by atoms with Crippen LogP contribution >= 0.6 is 0 Å². The highest BCUT2D eigenvalue weighted by molar-refractivity contribution is 5.67. The summed E-state index contributed by atoms with van der Waals surface area (Å²) in [7, 11) is 0. The molecular formula is C15H22N2O3. The molecule has 1 aliphatic rings. The fourth-order valence-electron chi connectivity index (χ4n) is 2.45. The van der Waals surface area contributed by atoms with Gasteiger partial charge in [-0.1, -0.05) is 30.3 Å². The summed E-state index contributed by atoms with van der Waals surface area (Å²) in [6.07, 6.45) is 1.62. The highest BCUT2D eigenvalue weighted by atomic mass is 16.5. The van der Waals surface area contributed by atoms with Crippen molar-refractivity contribution in [2.75, 3.05) is 26.2 Å². The number of hydrogen-bond donors (Lipinski definition) is 2. The molecule has 0 radical (unpaired) electrons. The fraction of sp³-hybridized carbons (Fsp3) is 0.533. The van der Waals surface area contributed by atoms with Crippen LogP contribution in [0.5, 0.6) is 0 Å². The van der Waals surface area contributed by atoms with Crippen molar-refractivity contribution in [3.63, 3.8) is 0 Å². The molecule has 1 atom stereocenters. The molecule has 0 saturated carbocycles. The Labute approximate surface area is 119 Å². The Morgan fingerprint density at radius 2 is 2.20 bits per heavy atom. The molecule has 5 heteroatoms. The number of carbonyl (C=O) groups excluding carboxylic acids is 1. The molecular weight excluding hydrogens is 256 g/mol. The zero-order valence-corrected chi connectivity index (χ0v) is 11.6. The van der Waals surface area contributed by atoms with Gasteiger partial charge in [0.25, 0.3) is 0 Å². The molecule has 2 rings (SSSR count). The Morgan fingerprint density at radius 3 is 2.95 bits per heavy atom. The van der Waals surface area contributed by atoms with Gasteiger partial charge < -0.3 is 15.2 Å². The first-order valence-electron chi connectivity index (χ1n) is 7.08. The minimum Gasteiger partial charge on any atom is -0.445 e. The molecule has 1 aromatic carbocycles. The van der Waals surface area contributed by atoms with Crippen LogP contribution in [0.15, 0.2) is 30.3 Å². The van der Waals surface area contributed by atoms with Gasteiger partial charge in [-0.2, -0.15) is 0 Å². The average Bonchev–Trinajstić information content (AvgIpc) is 2.47. The zero-order valence-electron chi connectivity index (χ0n) is 11.6. The third-order valence-corrected chi connectivity index (χ3v) is 3.46. The number of aliphatic hydroxyl groups is 1. The predicted molar refractivity (Wildman–Crippen MR) is 76.3 cm³/mol. The Morgan fingerprint density at radius 1 is 1.40 bits per heavy atom. The number of nitrogens with one attached hydrogen (secondary N) is 1. The van der Waals surface area contributed by atoms with E-state index >= 15 is 0 Å². The van der Waals surface area contributed by atoms with Crippen LogP contribution in [0.1, 0.15) is 18.4 Å². The normalized spacial score (nSPS) is 19.6. The summed E-state index contributed by atoms with van der Waals surface area (Å²) < 4.78 is 5.21. The summed E-state index contributed by atoms with van der Waals surface area (Å²) in [4.78, 5) is 13.9. The molecule has 20 heavy (non-hydrogen) atoms. The molecule has 1 aliphatic heterocycles. The lowest BCUT2D eigenvalue weighted by molar-refractivity contribution is 0.118. The molecule has 1 heterocycles. The largest absolute Gasteiger partial charge is 0.445 e. The number of amides is 1. The van der Waals surface area contributed by atoms with Crippen LogP contribution in [0.2, 0.25) is 0 Å². The number of rotatable bonds is 5. The second-order valence-electron chi connectivity index (χ2n) is 5.07. The monoisotopic (exact) mass is 278 g/mol. The molecule has 2 N–H and O–H groups in total. The molecule has 1 fully saturated rings. The number of alkyl carbamates (subject to hydrolysis) is 1. The molecule has 0 aliphatic carbocycles. The first-order valence-corrected chi connectivity index (χ1v) is 7.08. The van der Waals surface area contributed by atoms with Gasteiger partial charge in [-0.3, -0.25) is 4.90 Å². The van der Waals surface area contributed by atoms with Gasteiger partial charge >= 0.3 is 6.09 Å². The van der Waals surface area contributed by atoms with Crippen molar-refractivity contribution in [2.45, 2.75) is 25.5 Å². The lowest BCUT2D eigenvalue weighted by atomic mass is 10.1. The topological polar surface area (TPSA) is 61.8 Å². The van der Waals surface area contributed by atoms with Gasteiger partial charge in [-0.25, -0.2) is 4.79 Å². The quantitative estimate of drug-likeness (QED) is 0.854. The highest BCUT2D eigenvalue weighted by Gasteiger charge is 2.21. The van der Waals surface area contributed by atoms with Crippen LogP contribution in [0.25, 0.3) is 0 Å². The summed E-state index contributed by atoms with van der Waals surface area (Å²) >= 11 is 0. The van der Waals surface area contributed by atoms with Crippen LogP contribution in [-0.4, -0.2) is 48.4 Å². The second-order valence-corrected chi connectivity index (χ2v) is 5.07. The van der Waals surface area contributed by atoms with E-state index in [2.05, 4.69) is 10.2 Å². The Bertz CT molecular complexity index is 409. The standard InChI is InChI=1S/C15H22N2O3/c18-10-9-17-8-4-7-14(11-17)16-15(19)20-12-13-5-2-1-3-6-13/h1-3,5-6,14,18H,4,7-12H2,(H,16,19). The summed E-state index contributed by atoms with van der Waals surface area (Å²) in [6, 6.07) is 9.74. The number of likely N-dealkylation sites (tertiary alicyclic amines) is 1. The van der Waals surface area contributed by atoms with Crippen LogP contribution in [0.4, 0.5) is 4.79 Å². The maximum Gasteiger partial charge on any atom is 0.407 e. The maximum absolute atomic E-state index is 11.7. The molecule has 1 saturated heterocycles. The van der Waals surface area contributed by atoms with Crippen LogP contribution in [0, 0.1) is 0 Å². The van der Waals surface area contributed by atoms with E-state index < -0.39 is 0 Å². The minimum atomic E-state index is -0.371. The first kappa shape index (κ1) is 14.8. The van der Waals surface area contributed by atoms with E-state index in [1.165, 1.54) is 0 Å². The van der Waals surface area contributed by atoms with Gasteiger partial charge in [0.05, 0.1) is 6.61 Å². The third-order valence-electron chi connectivity index (χ3n) is 3.46. The van der Waals surface area contributed by atoms with Gasteiger partial charge in [0.2, 0.25) is 0 Å². The number of carbonyl (C=O) groups is 1. The van der Waals surface area contributed by atoms with E-state index in [4.69, 9.17) is 9.84 Å². The van der Waals surface area contributed by atoms with Crippen LogP contribution in [-0.2, 0) is 11.3 Å². The Kier molecular flexibility index (Phi) is 5.83. The number of nitrogens with zero attached hydrogens (tertiary/aromatic N) is 1. The second kappa shape index (κ2) is 7.87. The zero-order chi connectivity index (χ0) is 14.2. The Balaban J connectivity index is 1.71. The SMILES string of the molecule is O=C(NC1CCCN(CCO)C1)OCc1ccccc1. The first-order chi connectivity index (χ1) is 9.78. The predicted octanol–water partition coefficient (Wildman–Crippen LogP) is 1.37. The van der Waals surface area contributed by atoms with E-state index in [0.717, 1.165) is 31.5 Å². The minimum absolute atomic E-state index is 0.110. The number of benzene rings is 1. The number of hydrogen-bond acceptors (Lipinski definition) is 4. The molecule has 110 valence electrons. The third kappa shape index (κ3) is 4.83. The lowest BCUT2D eigenvalue weighted by Crippen LogP contribution is -2.48. The van der Waals surface area contributed by atoms with E-state index in [9.17, 15) is 4.79 Å². The van der Waals surface area contributed by atoms with E-state index in [1.54, 1.807) is 0 Å². The molecule has 0 bridgehead atoms. The average molecular weight is 278 g/mol. The maximum atomic E-state index is 11.7. The van der Waals surface area contributed by atoms with E-state index in [1.807, 2.05) is 30.3 Å². The highest BCUT2D eigenvalue weighted by Crippen LogP contribution is 2.10. The summed E-state index contributed by atoms with van der Waals surface area (Å²) in [5, 5.41) is 11.8. The van der Waals surface area contributed by atoms with E-state index in [-0.39, 0.29) is 18.7 Å². The fourth-order valence-corrected chi connectivity index (χ4v) is 2.45. The van der Waals surface area contributed by atoms with Crippen molar-refractivity contribution < 1.29 is 14.6 Å². The van der Waals surface area contributed by atoms with Crippen molar-refractivity contribution in [2.24, 2.45) is 0 Å². The molecule has 1 aromatic rings. The Hall–Kier alpha value is -1.59.